The molecule has 1 aliphatic rings. The number of sulfonamides is 1. The predicted octanol–water partition coefficient (Wildman–Crippen LogP) is 0.559. The molecule has 0 saturated carbocycles. The Morgan fingerprint density at radius 1 is 1.55 bits per heavy atom. The van der Waals surface area contributed by atoms with Crippen molar-refractivity contribution in [2.24, 2.45) is 5.14 Å². The zero-order valence-corrected chi connectivity index (χ0v) is 8.33. The van der Waals surface area contributed by atoms with Crippen LogP contribution in [0, 0.1) is 0 Å². The maximum Gasteiger partial charge on any atom is 0.213 e. The van der Waals surface area contributed by atoms with Crippen LogP contribution < -0.4 is 5.14 Å². The Bertz CT molecular complexity index is 245. The van der Waals surface area contributed by atoms with Gasteiger partial charge in [0.15, 0.2) is 0 Å². The fourth-order valence-electron chi connectivity index (χ4n) is 1.43. The maximum atomic E-state index is 11.0. The summed E-state index contributed by atoms with van der Waals surface area (Å²) >= 11 is 1.68. The summed E-state index contributed by atoms with van der Waals surface area (Å²) in [5.41, 5.74) is 0. The Morgan fingerprint density at radius 3 is 2.27 bits per heavy atom. The van der Waals surface area contributed by atoms with E-state index in [4.69, 9.17) is 5.14 Å². The summed E-state index contributed by atoms with van der Waals surface area (Å²) in [6, 6.07) is 0. The van der Waals surface area contributed by atoms with Crippen molar-refractivity contribution < 1.29 is 8.42 Å². The standard InChI is InChI=1S/C6H13NO2S2/c1-6(2)5(3-4-10-6)11(7,8)9/h5H,3-4H2,1-2H3,(H2,7,8,9). The molecule has 0 aromatic carbocycles. The number of primary sulfonamides is 1. The highest BCUT2D eigenvalue weighted by Crippen LogP contribution is 2.40. The third-order valence-electron chi connectivity index (χ3n) is 2.03. The zero-order chi connectivity index (χ0) is 8.70. The summed E-state index contributed by atoms with van der Waals surface area (Å²) in [6.07, 6.45) is 0.691. The Balaban J connectivity index is 2.91. The van der Waals surface area contributed by atoms with Gasteiger partial charge < -0.3 is 0 Å². The van der Waals surface area contributed by atoms with Crippen molar-refractivity contribution >= 4 is 21.8 Å². The van der Waals surface area contributed by atoms with E-state index in [-0.39, 0.29) is 10.00 Å². The molecule has 1 unspecified atom stereocenters. The molecule has 2 N–H and O–H groups in total. The predicted molar refractivity (Wildman–Crippen MR) is 48.0 cm³/mol. The molecule has 0 aromatic heterocycles. The third-order valence-corrected chi connectivity index (χ3v) is 5.26. The van der Waals surface area contributed by atoms with Crippen molar-refractivity contribution in [3.05, 3.63) is 0 Å². The summed E-state index contributed by atoms with van der Waals surface area (Å²) in [7, 11) is -3.33. The molecule has 1 aliphatic heterocycles. The summed E-state index contributed by atoms with van der Waals surface area (Å²) < 4.78 is 21.8. The van der Waals surface area contributed by atoms with Gasteiger partial charge in [-0.15, -0.1) is 0 Å². The van der Waals surface area contributed by atoms with Gasteiger partial charge in [0.05, 0.1) is 5.25 Å². The lowest BCUT2D eigenvalue weighted by Crippen LogP contribution is -2.39. The molecule has 0 aromatic rings. The van der Waals surface area contributed by atoms with Gasteiger partial charge in [-0.05, 0) is 26.0 Å². The first kappa shape index (κ1) is 9.35. The monoisotopic (exact) mass is 195 g/mol. The van der Waals surface area contributed by atoms with Crippen molar-refractivity contribution in [3.63, 3.8) is 0 Å². The minimum absolute atomic E-state index is 0.201. The van der Waals surface area contributed by atoms with Gasteiger partial charge in [-0.1, -0.05) is 0 Å². The van der Waals surface area contributed by atoms with Crippen LogP contribution in [-0.4, -0.2) is 24.2 Å². The fraction of sp³-hybridized carbons (Fsp3) is 1.00. The molecule has 1 fully saturated rings. The van der Waals surface area contributed by atoms with E-state index in [2.05, 4.69) is 0 Å². The summed E-state index contributed by atoms with van der Waals surface area (Å²) in [5.74, 6) is 0.897. The number of hydrogen-bond acceptors (Lipinski definition) is 3. The van der Waals surface area contributed by atoms with E-state index in [1.165, 1.54) is 0 Å². The molecule has 0 aliphatic carbocycles. The second-order valence-electron chi connectivity index (χ2n) is 3.32. The first-order valence-electron chi connectivity index (χ1n) is 3.49. The number of hydrogen-bond donors (Lipinski definition) is 1. The van der Waals surface area contributed by atoms with E-state index >= 15 is 0 Å². The van der Waals surface area contributed by atoms with Gasteiger partial charge in [-0.25, -0.2) is 13.6 Å². The van der Waals surface area contributed by atoms with Crippen LogP contribution in [0.15, 0.2) is 0 Å². The molecule has 1 saturated heterocycles. The molecule has 1 atom stereocenters. The molecule has 0 spiro atoms. The van der Waals surface area contributed by atoms with Crippen molar-refractivity contribution in [2.75, 3.05) is 5.75 Å². The minimum Gasteiger partial charge on any atom is -0.228 e. The highest BCUT2D eigenvalue weighted by atomic mass is 32.2. The van der Waals surface area contributed by atoms with E-state index in [0.29, 0.717) is 6.42 Å². The molecule has 11 heavy (non-hydrogen) atoms. The van der Waals surface area contributed by atoms with E-state index in [1.807, 2.05) is 13.8 Å². The van der Waals surface area contributed by atoms with E-state index in [9.17, 15) is 8.42 Å². The lowest BCUT2D eigenvalue weighted by atomic mass is 10.1. The first-order chi connectivity index (χ1) is 4.84. The lowest BCUT2D eigenvalue weighted by molar-refractivity contribution is 0.557. The molecule has 5 heteroatoms. The molecule has 0 bridgehead atoms. The Labute approximate surface area is 71.8 Å². The van der Waals surface area contributed by atoms with Gasteiger partial charge in [0.25, 0.3) is 0 Å². The SMILES string of the molecule is CC1(C)SCCC1S(N)(=O)=O. The highest BCUT2D eigenvalue weighted by Gasteiger charge is 2.42. The first-order valence-corrected chi connectivity index (χ1v) is 6.09. The van der Waals surface area contributed by atoms with Gasteiger partial charge in [0.2, 0.25) is 10.0 Å². The van der Waals surface area contributed by atoms with Crippen LogP contribution in [0.25, 0.3) is 0 Å². The van der Waals surface area contributed by atoms with Gasteiger partial charge in [0.1, 0.15) is 0 Å². The van der Waals surface area contributed by atoms with Crippen LogP contribution >= 0.6 is 11.8 Å². The Morgan fingerprint density at radius 2 is 2.09 bits per heavy atom. The van der Waals surface area contributed by atoms with Crippen LogP contribution in [0.3, 0.4) is 0 Å². The Kier molecular flexibility index (Phi) is 2.24. The number of nitrogens with two attached hydrogens (primary N) is 1. The molecule has 1 rings (SSSR count). The smallest absolute Gasteiger partial charge is 0.213 e. The van der Waals surface area contributed by atoms with Crippen LogP contribution in [0.1, 0.15) is 20.3 Å². The summed E-state index contributed by atoms with van der Waals surface area (Å²) in [6.45, 7) is 3.86. The topological polar surface area (TPSA) is 60.2 Å². The minimum atomic E-state index is -3.33. The van der Waals surface area contributed by atoms with Crippen LogP contribution in [0.2, 0.25) is 0 Å². The van der Waals surface area contributed by atoms with Crippen molar-refractivity contribution in [1.82, 2.24) is 0 Å². The Hall–Kier alpha value is 0.260. The number of thioether (sulfide) groups is 1. The molecular formula is C6H13NO2S2. The second-order valence-corrected chi connectivity index (χ2v) is 6.81. The lowest BCUT2D eigenvalue weighted by Gasteiger charge is -2.23. The molecule has 0 amide bonds. The maximum absolute atomic E-state index is 11.0. The molecule has 1 heterocycles. The van der Waals surface area contributed by atoms with Gasteiger partial charge >= 0.3 is 0 Å². The van der Waals surface area contributed by atoms with Gasteiger partial charge in [-0.2, -0.15) is 11.8 Å². The normalized spacial score (nSPS) is 30.6. The molecule has 66 valence electrons. The molecule has 0 radical (unpaired) electrons. The van der Waals surface area contributed by atoms with Crippen molar-refractivity contribution in [2.45, 2.75) is 30.3 Å². The highest BCUT2D eigenvalue weighted by molar-refractivity contribution is 8.02. The van der Waals surface area contributed by atoms with E-state index in [1.54, 1.807) is 11.8 Å². The average molecular weight is 195 g/mol. The fourth-order valence-corrected chi connectivity index (χ4v) is 4.61. The van der Waals surface area contributed by atoms with Crippen LogP contribution in [0.4, 0.5) is 0 Å². The van der Waals surface area contributed by atoms with E-state index in [0.717, 1.165) is 5.75 Å². The second kappa shape index (κ2) is 2.64. The van der Waals surface area contributed by atoms with Gasteiger partial charge in [0, 0.05) is 4.75 Å². The van der Waals surface area contributed by atoms with E-state index < -0.39 is 10.0 Å². The van der Waals surface area contributed by atoms with Gasteiger partial charge in [-0.3, -0.25) is 0 Å². The summed E-state index contributed by atoms with van der Waals surface area (Å²) in [5, 5.41) is 4.71. The largest absolute Gasteiger partial charge is 0.228 e. The average Bonchev–Trinajstić information content (AvgIpc) is 2.06. The van der Waals surface area contributed by atoms with Crippen LogP contribution in [-0.2, 0) is 10.0 Å². The van der Waals surface area contributed by atoms with Crippen molar-refractivity contribution in [1.29, 1.82) is 0 Å². The summed E-state index contributed by atoms with van der Waals surface area (Å²) in [4.78, 5) is 0. The van der Waals surface area contributed by atoms with Crippen molar-refractivity contribution in [3.8, 4) is 0 Å². The number of rotatable bonds is 1. The quantitative estimate of drug-likeness (QED) is 0.665. The van der Waals surface area contributed by atoms with Crippen LogP contribution in [0.5, 0.6) is 0 Å². The third kappa shape index (κ3) is 1.89. The zero-order valence-electron chi connectivity index (χ0n) is 6.70. The molecular weight excluding hydrogens is 182 g/mol. The molecule has 3 nitrogen and oxygen atoms in total.